The van der Waals surface area contributed by atoms with Crippen molar-refractivity contribution in [3.8, 4) is 22.8 Å². The lowest BCUT2D eigenvalue weighted by Crippen LogP contribution is -2.26. The molecule has 1 N–H and O–H groups in total. The molecule has 0 saturated heterocycles. The Morgan fingerprint density at radius 2 is 1.96 bits per heavy atom. The first-order chi connectivity index (χ1) is 13.5. The van der Waals surface area contributed by atoms with Gasteiger partial charge in [0.2, 0.25) is 0 Å². The van der Waals surface area contributed by atoms with Crippen LogP contribution < -0.4 is 14.8 Å². The fourth-order valence-electron chi connectivity index (χ4n) is 3.67. The third kappa shape index (κ3) is 3.01. The maximum atomic E-state index is 13.6. The number of halogens is 1. The van der Waals surface area contributed by atoms with Gasteiger partial charge < -0.3 is 14.8 Å². The Bertz CT molecular complexity index is 1080. The van der Waals surface area contributed by atoms with E-state index in [2.05, 4.69) is 5.32 Å². The summed E-state index contributed by atoms with van der Waals surface area (Å²) >= 11 is 5.47. The summed E-state index contributed by atoms with van der Waals surface area (Å²) in [5.74, 6) is 1.09. The highest BCUT2D eigenvalue weighted by Crippen LogP contribution is 2.44. The van der Waals surface area contributed by atoms with Crippen LogP contribution in [0.1, 0.15) is 22.4 Å². The molecule has 1 aromatic heterocycles. The molecule has 0 bridgehead atoms. The van der Waals surface area contributed by atoms with Crippen molar-refractivity contribution in [3.05, 3.63) is 64.6 Å². The summed E-state index contributed by atoms with van der Waals surface area (Å²) in [7, 11) is 5.01. The molecule has 4 rings (SSSR count). The predicted molar refractivity (Wildman–Crippen MR) is 110 cm³/mol. The van der Waals surface area contributed by atoms with Gasteiger partial charge in [0.05, 0.1) is 25.6 Å². The monoisotopic (exact) mass is 397 g/mol. The van der Waals surface area contributed by atoms with Crippen molar-refractivity contribution < 1.29 is 13.9 Å². The molecule has 0 atom stereocenters. The number of hydrogen-bond acceptors (Lipinski definition) is 4. The number of hydrogen-bond donors (Lipinski definition) is 1. The number of benzene rings is 2. The molecule has 0 radical (unpaired) electrons. The number of fused-ring (bicyclic) bond motifs is 3. The Balaban J connectivity index is 1.85. The molecule has 2 aromatic carbocycles. The number of nitrogens with one attached hydrogen (secondary N) is 1. The van der Waals surface area contributed by atoms with Crippen molar-refractivity contribution in [1.29, 1.82) is 0 Å². The number of thiocarbonyl (C=S) groups is 1. The molecule has 28 heavy (non-hydrogen) atoms. The van der Waals surface area contributed by atoms with Gasteiger partial charge in [0, 0.05) is 31.0 Å². The van der Waals surface area contributed by atoms with Gasteiger partial charge in [0.25, 0.3) is 0 Å². The fourth-order valence-corrected chi connectivity index (χ4v) is 3.80. The minimum absolute atomic E-state index is 0.253. The van der Waals surface area contributed by atoms with Crippen LogP contribution in [-0.4, -0.2) is 36.2 Å². The lowest BCUT2D eigenvalue weighted by atomic mass is 10.0. The minimum Gasteiger partial charge on any atom is -0.493 e. The predicted octanol–water partition coefficient (Wildman–Crippen LogP) is 3.55. The molecule has 1 heterocycles. The maximum absolute atomic E-state index is 13.6. The van der Waals surface area contributed by atoms with E-state index in [-0.39, 0.29) is 5.82 Å². The highest BCUT2D eigenvalue weighted by Gasteiger charge is 2.30. The van der Waals surface area contributed by atoms with Crippen LogP contribution in [0.15, 0.2) is 36.4 Å². The third-order valence-electron chi connectivity index (χ3n) is 4.97. The Morgan fingerprint density at radius 3 is 2.64 bits per heavy atom. The Hall–Kier alpha value is -2.93. The summed E-state index contributed by atoms with van der Waals surface area (Å²) in [5.41, 5.74) is 5.93. The average Bonchev–Trinajstić information content (AvgIpc) is 3.23. The number of rotatable bonds is 4. The summed E-state index contributed by atoms with van der Waals surface area (Å²) in [6.07, 6.45) is 1.24. The van der Waals surface area contributed by atoms with Gasteiger partial charge in [-0.1, -0.05) is 12.1 Å². The minimum atomic E-state index is -0.253. The van der Waals surface area contributed by atoms with E-state index < -0.39 is 0 Å². The van der Waals surface area contributed by atoms with Crippen LogP contribution in [0.4, 0.5) is 4.39 Å². The normalized spacial score (nSPS) is 11.7. The standard InChI is InChI=1S/C21H20FN3O2S/c1-23-21(28)25-20-15-11-19(27-3)18(26-2)10-13(15)9-16(20)17(24-25)8-12-5-4-6-14(22)7-12/h4-7,10-11H,8-9H2,1-3H3,(H,23,28). The summed E-state index contributed by atoms with van der Waals surface area (Å²) in [5, 5.41) is 8.24. The van der Waals surface area contributed by atoms with Gasteiger partial charge in [0.15, 0.2) is 16.6 Å². The van der Waals surface area contributed by atoms with E-state index in [9.17, 15) is 4.39 Å². The van der Waals surface area contributed by atoms with E-state index in [4.69, 9.17) is 26.8 Å². The van der Waals surface area contributed by atoms with Crippen LogP contribution in [0.2, 0.25) is 0 Å². The molecule has 0 fully saturated rings. The zero-order valence-electron chi connectivity index (χ0n) is 15.9. The second-order valence-electron chi connectivity index (χ2n) is 6.59. The lowest BCUT2D eigenvalue weighted by molar-refractivity contribution is 0.355. The summed E-state index contributed by atoms with van der Waals surface area (Å²) in [4.78, 5) is 0. The van der Waals surface area contributed by atoms with Gasteiger partial charge in [-0.25, -0.2) is 9.07 Å². The van der Waals surface area contributed by atoms with E-state index in [1.807, 2.05) is 18.2 Å². The average molecular weight is 397 g/mol. The summed E-state index contributed by atoms with van der Waals surface area (Å²) in [6.45, 7) is 0. The molecule has 7 heteroatoms. The summed E-state index contributed by atoms with van der Waals surface area (Å²) < 4.78 is 26.3. The molecule has 0 saturated carbocycles. The molecule has 1 aliphatic carbocycles. The summed E-state index contributed by atoms with van der Waals surface area (Å²) in [6, 6.07) is 10.5. The van der Waals surface area contributed by atoms with Crippen molar-refractivity contribution in [1.82, 2.24) is 15.1 Å². The first-order valence-electron chi connectivity index (χ1n) is 8.88. The molecule has 0 spiro atoms. The SMILES string of the molecule is CNC(=S)n1nc(Cc2cccc(F)c2)c2c1-c1cc(OC)c(OC)cc1C2. The van der Waals surface area contributed by atoms with E-state index in [1.54, 1.807) is 32.0 Å². The highest BCUT2D eigenvalue weighted by molar-refractivity contribution is 7.80. The highest BCUT2D eigenvalue weighted by atomic mass is 32.1. The van der Waals surface area contributed by atoms with Gasteiger partial charge in [0.1, 0.15) is 5.82 Å². The fraction of sp³-hybridized carbons (Fsp3) is 0.238. The van der Waals surface area contributed by atoms with E-state index in [0.29, 0.717) is 29.5 Å². The Labute approximate surface area is 168 Å². The molecule has 0 unspecified atom stereocenters. The third-order valence-corrected chi connectivity index (χ3v) is 5.34. The molecule has 5 nitrogen and oxygen atoms in total. The molecule has 144 valence electrons. The van der Waals surface area contributed by atoms with Crippen molar-refractivity contribution in [2.45, 2.75) is 12.8 Å². The Morgan fingerprint density at radius 1 is 1.21 bits per heavy atom. The topological polar surface area (TPSA) is 48.3 Å². The van der Waals surface area contributed by atoms with Crippen molar-refractivity contribution in [2.75, 3.05) is 21.3 Å². The molecular weight excluding hydrogens is 377 g/mol. The van der Waals surface area contributed by atoms with Gasteiger partial charge in [-0.2, -0.15) is 5.10 Å². The van der Waals surface area contributed by atoms with Crippen molar-refractivity contribution >= 4 is 17.3 Å². The molecule has 3 aromatic rings. The van der Waals surface area contributed by atoms with Crippen molar-refractivity contribution in [2.24, 2.45) is 0 Å². The smallest absolute Gasteiger partial charge is 0.194 e. The zero-order valence-corrected chi connectivity index (χ0v) is 16.7. The molecule has 0 amide bonds. The van der Waals surface area contributed by atoms with Crippen molar-refractivity contribution in [3.63, 3.8) is 0 Å². The molecule has 0 aliphatic heterocycles. The second-order valence-corrected chi connectivity index (χ2v) is 6.98. The molecule has 1 aliphatic rings. The number of nitrogens with zero attached hydrogens (tertiary/aromatic N) is 2. The van der Waals surface area contributed by atoms with Gasteiger partial charge in [-0.05, 0) is 47.6 Å². The van der Waals surface area contributed by atoms with Crippen LogP contribution in [-0.2, 0) is 12.8 Å². The van der Waals surface area contributed by atoms with Crippen LogP contribution in [0, 0.1) is 5.82 Å². The van der Waals surface area contributed by atoms with E-state index in [0.717, 1.165) is 33.6 Å². The second kappa shape index (κ2) is 7.24. The van der Waals surface area contributed by atoms with E-state index in [1.165, 1.54) is 12.1 Å². The van der Waals surface area contributed by atoms with Gasteiger partial charge >= 0.3 is 0 Å². The number of aromatic nitrogens is 2. The van der Waals surface area contributed by atoms with Gasteiger partial charge in [-0.3, -0.25) is 0 Å². The lowest BCUT2D eigenvalue weighted by Gasteiger charge is -2.12. The van der Waals surface area contributed by atoms with Crippen LogP contribution >= 0.6 is 12.2 Å². The van der Waals surface area contributed by atoms with Gasteiger partial charge in [-0.15, -0.1) is 0 Å². The van der Waals surface area contributed by atoms with Crippen LogP contribution in [0.3, 0.4) is 0 Å². The van der Waals surface area contributed by atoms with Crippen LogP contribution in [0.5, 0.6) is 11.5 Å². The zero-order chi connectivity index (χ0) is 19.8. The molecular formula is C21H20FN3O2S. The number of ether oxygens (including phenoxy) is 2. The Kier molecular flexibility index (Phi) is 4.77. The van der Waals surface area contributed by atoms with E-state index >= 15 is 0 Å². The largest absolute Gasteiger partial charge is 0.493 e. The van der Waals surface area contributed by atoms with Crippen LogP contribution in [0.25, 0.3) is 11.3 Å². The maximum Gasteiger partial charge on any atom is 0.194 e. The first-order valence-corrected chi connectivity index (χ1v) is 9.29. The first kappa shape index (κ1) is 18.4. The number of methoxy groups -OCH3 is 2. The quantitative estimate of drug-likeness (QED) is 0.534.